The number of ether oxygens (including phenoxy) is 1. The zero-order chi connectivity index (χ0) is 17.5. The molecule has 26 heavy (non-hydrogen) atoms. The van der Waals surface area contributed by atoms with E-state index in [-0.39, 0.29) is 12.4 Å². The molecule has 0 spiro atoms. The van der Waals surface area contributed by atoms with Crippen LogP contribution in [0.2, 0.25) is 5.02 Å². The van der Waals surface area contributed by atoms with Crippen molar-refractivity contribution in [3.63, 3.8) is 0 Å². The molecular weight excluding hydrogens is 389 g/mol. The van der Waals surface area contributed by atoms with Crippen molar-refractivity contribution in [2.24, 2.45) is 5.92 Å². The molecular formula is C19H27Cl2N3OS. The van der Waals surface area contributed by atoms with Crippen LogP contribution in [0.25, 0.3) is 0 Å². The molecule has 0 aliphatic carbocycles. The number of piperidine rings is 1. The van der Waals surface area contributed by atoms with Crippen LogP contribution in [-0.4, -0.2) is 36.6 Å². The maximum atomic E-state index is 5.89. The first-order valence-electron chi connectivity index (χ1n) is 8.91. The van der Waals surface area contributed by atoms with Gasteiger partial charge in [-0.15, -0.1) is 23.7 Å². The Morgan fingerprint density at radius 2 is 2.00 bits per heavy atom. The van der Waals surface area contributed by atoms with E-state index in [1.165, 1.54) is 32.4 Å². The topological polar surface area (TPSA) is 37.4 Å². The Kier molecular flexibility index (Phi) is 9.16. The molecule has 3 rings (SSSR count). The van der Waals surface area contributed by atoms with Gasteiger partial charge in [0.2, 0.25) is 0 Å². The molecule has 0 amide bonds. The average Bonchev–Trinajstić information content (AvgIpc) is 3.08. The molecule has 7 heteroatoms. The molecule has 1 aliphatic heterocycles. The van der Waals surface area contributed by atoms with Crippen molar-refractivity contribution in [2.45, 2.75) is 32.4 Å². The number of nitrogens with one attached hydrogen (secondary N) is 1. The van der Waals surface area contributed by atoms with Crippen LogP contribution in [0.4, 0.5) is 0 Å². The standard InChI is InChI=1S/C19H26ClN3OS.ClH/c1-21-9-6-15-7-10-23(11-8-15)12-17-14-25-19(22-17)13-24-18-4-2-16(20)3-5-18;/h2-5,14-15,21H,6-13H2,1H3;1H. The van der Waals surface area contributed by atoms with Gasteiger partial charge in [-0.3, -0.25) is 4.90 Å². The zero-order valence-corrected chi connectivity index (χ0v) is 17.5. The minimum atomic E-state index is 0. The summed E-state index contributed by atoms with van der Waals surface area (Å²) in [5, 5.41) is 7.16. The predicted octanol–water partition coefficient (Wildman–Crippen LogP) is 4.62. The molecule has 4 nitrogen and oxygen atoms in total. The second-order valence-electron chi connectivity index (χ2n) is 6.59. The van der Waals surface area contributed by atoms with Crippen LogP contribution in [0.15, 0.2) is 29.6 Å². The summed E-state index contributed by atoms with van der Waals surface area (Å²) in [7, 11) is 2.03. The third kappa shape index (κ3) is 6.71. The zero-order valence-electron chi connectivity index (χ0n) is 15.1. The maximum Gasteiger partial charge on any atom is 0.140 e. The molecule has 0 atom stereocenters. The summed E-state index contributed by atoms with van der Waals surface area (Å²) < 4.78 is 5.77. The number of thiazole rings is 1. The number of hydrogen-bond acceptors (Lipinski definition) is 5. The Balaban J connectivity index is 0.00000243. The quantitative estimate of drug-likeness (QED) is 0.682. The third-order valence-corrected chi connectivity index (χ3v) is 5.79. The predicted molar refractivity (Wildman–Crippen MR) is 112 cm³/mol. The van der Waals surface area contributed by atoms with E-state index in [9.17, 15) is 0 Å². The molecule has 0 unspecified atom stereocenters. The molecule has 1 fully saturated rings. The van der Waals surface area contributed by atoms with Gasteiger partial charge in [-0.25, -0.2) is 4.98 Å². The van der Waals surface area contributed by atoms with Crippen molar-refractivity contribution in [3.8, 4) is 5.75 Å². The van der Waals surface area contributed by atoms with Crippen molar-refractivity contribution in [1.82, 2.24) is 15.2 Å². The van der Waals surface area contributed by atoms with Gasteiger partial charge in [-0.05, 0) is 76.1 Å². The van der Waals surface area contributed by atoms with Gasteiger partial charge >= 0.3 is 0 Å². The van der Waals surface area contributed by atoms with Gasteiger partial charge in [0.1, 0.15) is 17.4 Å². The van der Waals surface area contributed by atoms with Gasteiger partial charge in [0.15, 0.2) is 0 Å². The van der Waals surface area contributed by atoms with E-state index in [0.717, 1.165) is 40.5 Å². The molecule has 0 bridgehead atoms. The van der Waals surface area contributed by atoms with Gasteiger partial charge in [0, 0.05) is 16.9 Å². The summed E-state index contributed by atoms with van der Waals surface area (Å²) in [6, 6.07) is 7.44. The van der Waals surface area contributed by atoms with E-state index in [1.54, 1.807) is 11.3 Å². The highest BCUT2D eigenvalue weighted by Gasteiger charge is 2.19. The number of nitrogens with zero attached hydrogens (tertiary/aromatic N) is 2. The molecule has 1 aliphatic rings. The number of rotatable bonds is 8. The second-order valence-corrected chi connectivity index (χ2v) is 7.97. The van der Waals surface area contributed by atoms with Gasteiger partial charge in [-0.1, -0.05) is 11.6 Å². The highest BCUT2D eigenvalue weighted by molar-refractivity contribution is 7.09. The van der Waals surface area contributed by atoms with Crippen molar-refractivity contribution < 1.29 is 4.74 Å². The van der Waals surface area contributed by atoms with Gasteiger partial charge in [0.25, 0.3) is 0 Å². The molecule has 1 aromatic heterocycles. The lowest BCUT2D eigenvalue weighted by atomic mass is 9.93. The first-order chi connectivity index (χ1) is 12.2. The SMILES string of the molecule is CNCCC1CCN(Cc2csc(COc3ccc(Cl)cc3)n2)CC1.Cl. The lowest BCUT2D eigenvalue weighted by molar-refractivity contribution is 0.171. The Bertz CT molecular complexity index is 642. The van der Waals surface area contributed by atoms with Crippen LogP contribution in [0.1, 0.15) is 30.0 Å². The minimum absolute atomic E-state index is 0. The van der Waals surface area contributed by atoms with E-state index >= 15 is 0 Å². The van der Waals surface area contributed by atoms with E-state index in [2.05, 4.69) is 15.6 Å². The molecule has 1 aromatic carbocycles. The van der Waals surface area contributed by atoms with Crippen molar-refractivity contribution in [3.05, 3.63) is 45.4 Å². The Hall–Kier alpha value is -0.850. The van der Waals surface area contributed by atoms with Crippen LogP contribution < -0.4 is 10.1 Å². The Labute approximate surface area is 171 Å². The smallest absolute Gasteiger partial charge is 0.140 e. The van der Waals surface area contributed by atoms with Crippen molar-refractivity contribution in [2.75, 3.05) is 26.7 Å². The van der Waals surface area contributed by atoms with Gasteiger partial charge in [-0.2, -0.15) is 0 Å². The molecule has 0 radical (unpaired) electrons. The molecule has 2 aromatic rings. The summed E-state index contributed by atoms with van der Waals surface area (Å²) in [5.41, 5.74) is 1.16. The average molecular weight is 416 g/mol. The molecule has 2 heterocycles. The van der Waals surface area contributed by atoms with Crippen LogP contribution in [-0.2, 0) is 13.2 Å². The number of halogens is 2. The van der Waals surface area contributed by atoms with Crippen molar-refractivity contribution in [1.29, 1.82) is 0 Å². The van der Waals surface area contributed by atoms with Crippen LogP contribution >= 0.6 is 35.3 Å². The Morgan fingerprint density at radius 1 is 1.27 bits per heavy atom. The Morgan fingerprint density at radius 3 is 2.69 bits per heavy atom. The number of aromatic nitrogens is 1. The van der Waals surface area contributed by atoms with Gasteiger partial charge < -0.3 is 10.1 Å². The highest BCUT2D eigenvalue weighted by Crippen LogP contribution is 2.22. The summed E-state index contributed by atoms with van der Waals surface area (Å²) in [6.45, 7) is 4.97. The molecule has 1 saturated heterocycles. The van der Waals surface area contributed by atoms with Gasteiger partial charge in [0.05, 0.1) is 5.69 Å². The summed E-state index contributed by atoms with van der Waals surface area (Å²) >= 11 is 7.56. The first kappa shape index (κ1) is 21.5. The summed E-state index contributed by atoms with van der Waals surface area (Å²) in [4.78, 5) is 7.24. The molecule has 144 valence electrons. The lowest BCUT2D eigenvalue weighted by Crippen LogP contribution is -2.34. The molecule has 0 saturated carbocycles. The van der Waals surface area contributed by atoms with E-state index in [4.69, 9.17) is 21.3 Å². The largest absolute Gasteiger partial charge is 0.486 e. The lowest BCUT2D eigenvalue weighted by Gasteiger charge is -2.31. The van der Waals surface area contributed by atoms with E-state index < -0.39 is 0 Å². The fourth-order valence-corrected chi connectivity index (χ4v) is 4.00. The van der Waals surface area contributed by atoms with Crippen molar-refractivity contribution >= 4 is 35.3 Å². The number of likely N-dealkylation sites (tertiary alicyclic amines) is 1. The monoisotopic (exact) mass is 415 g/mol. The number of hydrogen-bond donors (Lipinski definition) is 1. The second kappa shape index (κ2) is 11.1. The van der Waals surface area contributed by atoms with Crippen LogP contribution in [0, 0.1) is 5.92 Å². The van der Waals surface area contributed by atoms with E-state index in [0.29, 0.717) is 6.61 Å². The number of benzene rings is 1. The summed E-state index contributed by atoms with van der Waals surface area (Å²) in [5.74, 6) is 1.70. The minimum Gasteiger partial charge on any atom is -0.486 e. The maximum absolute atomic E-state index is 5.89. The molecule has 1 N–H and O–H groups in total. The van der Waals surface area contributed by atoms with E-state index in [1.807, 2.05) is 31.3 Å². The fraction of sp³-hybridized carbons (Fsp3) is 0.526. The van der Waals surface area contributed by atoms with Crippen LogP contribution in [0.5, 0.6) is 5.75 Å². The highest BCUT2D eigenvalue weighted by atomic mass is 35.5. The normalized spacial score (nSPS) is 15.6. The van der Waals surface area contributed by atoms with Crippen LogP contribution in [0.3, 0.4) is 0 Å². The first-order valence-corrected chi connectivity index (χ1v) is 10.2. The summed E-state index contributed by atoms with van der Waals surface area (Å²) in [6.07, 6.45) is 3.91. The third-order valence-electron chi connectivity index (χ3n) is 4.67. The fourth-order valence-electron chi connectivity index (χ4n) is 3.17.